The molecule has 0 fully saturated rings. The first-order valence-electron chi connectivity index (χ1n) is 4.08. The highest BCUT2D eigenvalue weighted by molar-refractivity contribution is 7.94. The lowest BCUT2D eigenvalue weighted by molar-refractivity contribution is -0.567. The van der Waals surface area contributed by atoms with E-state index in [9.17, 15) is 21.6 Å². The average Bonchev–Trinajstić information content (AvgIpc) is 2.25. The van der Waals surface area contributed by atoms with Gasteiger partial charge in [0.15, 0.2) is 3.57 Å². The number of hydrogen-bond acceptors (Lipinski definition) is 3. The van der Waals surface area contributed by atoms with Crippen LogP contribution in [0.25, 0.3) is 2.94 Å². The van der Waals surface area contributed by atoms with Crippen molar-refractivity contribution in [3.05, 3.63) is 30.8 Å². The normalized spacial score (nSPS) is 12.5. The van der Waals surface area contributed by atoms with Crippen LogP contribution in [0.5, 0.6) is 5.75 Å². The molecule has 0 aliphatic carbocycles. The van der Waals surface area contributed by atoms with Gasteiger partial charge >= 0.3 is 5.51 Å². The van der Waals surface area contributed by atoms with Gasteiger partial charge in [-0.25, -0.2) is 8.42 Å². The van der Waals surface area contributed by atoms with Gasteiger partial charge in [-0.1, -0.05) is 0 Å². The van der Waals surface area contributed by atoms with Crippen molar-refractivity contribution in [1.82, 2.24) is 0 Å². The predicted octanol–water partition coefficient (Wildman–Crippen LogP) is -0.908. The average molecular weight is 381 g/mol. The maximum Gasteiger partial charge on any atom is 0.482 e. The molecule has 9 heteroatoms. The summed E-state index contributed by atoms with van der Waals surface area (Å²) < 4.78 is 65.3. The Morgan fingerprint density at radius 3 is 2.18 bits per heavy atom. The first-order valence-corrected chi connectivity index (χ1v) is 7.56. The smallest absolute Gasteiger partial charge is 0.482 e. The van der Waals surface area contributed by atoms with Crippen molar-refractivity contribution >= 4 is 10.0 Å². The molecule has 1 rings (SSSR count). The van der Waals surface area contributed by atoms with E-state index in [4.69, 9.17) is 4.74 Å². The molecule has 0 unspecified atom stereocenters. The molecule has 96 valence electrons. The molecule has 0 bridgehead atoms. The fraction of sp³-hybridized carbons (Fsp3) is 0.250. The van der Waals surface area contributed by atoms with Gasteiger partial charge in [-0.2, -0.15) is 13.2 Å². The zero-order valence-electron chi connectivity index (χ0n) is 8.40. The fourth-order valence-electron chi connectivity index (χ4n) is 0.751. The first kappa shape index (κ1) is 14.5. The molecule has 1 aromatic rings. The number of methoxy groups -OCH3 is 1. The Morgan fingerprint density at radius 1 is 1.24 bits per heavy atom. The first-order chi connectivity index (χ1) is 7.76. The summed E-state index contributed by atoms with van der Waals surface area (Å²) >= 11 is -1.59. The topological polar surface area (TPSA) is 57.5 Å². The monoisotopic (exact) mass is 381 g/mol. The molecule has 0 atom stereocenters. The Morgan fingerprint density at radius 2 is 1.76 bits per heavy atom. The van der Waals surface area contributed by atoms with Crippen molar-refractivity contribution in [2.45, 2.75) is 5.51 Å². The lowest BCUT2D eigenvalue weighted by Crippen LogP contribution is -3.59. The molecule has 0 radical (unpaired) electrons. The summed E-state index contributed by atoms with van der Waals surface area (Å²) in [5.41, 5.74) is -5.32. The summed E-state index contributed by atoms with van der Waals surface area (Å²) in [5, 5.41) is 0. The molecular weight excluding hydrogens is 374 g/mol. The lowest BCUT2D eigenvalue weighted by Gasteiger charge is -2.10. The number of benzene rings is 1. The van der Waals surface area contributed by atoms with Crippen LogP contribution in [0.2, 0.25) is 0 Å². The van der Waals surface area contributed by atoms with E-state index < -0.39 is 37.0 Å². The van der Waals surface area contributed by atoms with Gasteiger partial charge in [-0.3, -0.25) is 2.94 Å². The van der Waals surface area contributed by atoms with Gasteiger partial charge in [0.05, 0.1) is 7.11 Å². The Bertz CT molecular complexity index is 472. The van der Waals surface area contributed by atoms with Crippen LogP contribution in [0.4, 0.5) is 13.2 Å². The zero-order chi connectivity index (χ0) is 13.1. The lowest BCUT2D eigenvalue weighted by atomic mass is 10.3. The Kier molecular flexibility index (Phi) is 4.61. The van der Waals surface area contributed by atoms with E-state index in [-0.39, 0.29) is 0 Å². The Labute approximate surface area is 107 Å². The van der Waals surface area contributed by atoms with E-state index in [1.54, 1.807) is 0 Å². The van der Waals surface area contributed by atoms with Crippen molar-refractivity contribution in [3.8, 4) is 5.75 Å². The van der Waals surface area contributed by atoms with Gasteiger partial charge < -0.3 is 4.74 Å². The minimum Gasteiger partial charge on any atom is -0.497 e. The summed E-state index contributed by atoms with van der Waals surface area (Å²) in [7, 11) is -3.92. The van der Waals surface area contributed by atoms with E-state index in [0.717, 1.165) is 0 Å². The molecule has 0 aliphatic rings. The second-order valence-corrected chi connectivity index (χ2v) is 7.19. The van der Waals surface area contributed by atoms with Crippen LogP contribution >= 0.6 is 0 Å². The fourth-order valence-corrected chi connectivity index (χ4v) is 3.81. The molecule has 0 saturated carbocycles. The van der Waals surface area contributed by atoms with Crippen molar-refractivity contribution in [2.24, 2.45) is 0 Å². The third-order valence-electron chi connectivity index (χ3n) is 1.56. The quantitative estimate of drug-likeness (QED) is 0.635. The third kappa shape index (κ3) is 4.00. The van der Waals surface area contributed by atoms with Crippen molar-refractivity contribution in [3.63, 3.8) is 0 Å². The molecule has 0 aromatic heterocycles. The van der Waals surface area contributed by atoms with Crippen LogP contribution in [-0.4, -0.2) is 21.0 Å². The van der Waals surface area contributed by atoms with E-state index in [1.807, 2.05) is 0 Å². The second kappa shape index (κ2) is 5.40. The largest absolute Gasteiger partial charge is 0.497 e. The van der Waals surface area contributed by atoms with Crippen LogP contribution in [0, 0.1) is 3.57 Å². The van der Waals surface area contributed by atoms with E-state index in [0.29, 0.717) is 9.32 Å². The highest BCUT2D eigenvalue weighted by Crippen LogP contribution is 2.24. The molecule has 0 aliphatic heterocycles. The third-order valence-corrected chi connectivity index (χ3v) is 5.82. The predicted molar refractivity (Wildman–Crippen MR) is 50.0 cm³/mol. The summed E-state index contributed by atoms with van der Waals surface area (Å²) in [6.45, 7) is 0. The van der Waals surface area contributed by atoms with Crippen molar-refractivity contribution < 1.29 is 47.8 Å². The molecule has 0 amide bonds. The summed E-state index contributed by atoms with van der Waals surface area (Å²) in [5.74, 6) is 0.538. The number of sulfonamides is 1. The number of ether oxygens (including phenoxy) is 1. The minimum atomic E-state index is -5.37. The molecular formula is C8H7F3INO3S. The van der Waals surface area contributed by atoms with Crippen LogP contribution in [0.15, 0.2) is 24.3 Å². The Hall–Kier alpha value is -0.550. The number of hydrogen-bond donors (Lipinski definition) is 0. The van der Waals surface area contributed by atoms with E-state index >= 15 is 0 Å². The van der Waals surface area contributed by atoms with Crippen LogP contribution in [0.3, 0.4) is 0 Å². The maximum absolute atomic E-state index is 12.0. The van der Waals surface area contributed by atoms with Crippen LogP contribution < -0.4 is 26.2 Å². The second-order valence-electron chi connectivity index (χ2n) is 2.73. The van der Waals surface area contributed by atoms with Gasteiger partial charge in [-0.15, -0.1) is 0 Å². The summed E-state index contributed by atoms with van der Waals surface area (Å²) in [6, 6.07) is 6.04. The van der Waals surface area contributed by atoms with Crippen molar-refractivity contribution in [1.29, 1.82) is 0 Å². The van der Waals surface area contributed by atoms with Gasteiger partial charge in [0.1, 0.15) is 5.75 Å². The number of rotatable bonds is 4. The van der Waals surface area contributed by atoms with Gasteiger partial charge in [0.25, 0.3) is 0 Å². The molecule has 0 spiro atoms. The highest BCUT2D eigenvalue weighted by Gasteiger charge is 2.41. The van der Waals surface area contributed by atoms with Crippen LogP contribution in [-0.2, 0) is 10.0 Å². The number of alkyl halides is 3. The van der Waals surface area contributed by atoms with Crippen LogP contribution in [0.1, 0.15) is 0 Å². The summed E-state index contributed by atoms with van der Waals surface area (Å²) in [6.07, 6.45) is 0. The number of nitrogens with zero attached hydrogens (tertiary/aromatic N) is 1. The zero-order valence-corrected chi connectivity index (χ0v) is 11.4. The summed E-state index contributed by atoms with van der Waals surface area (Å²) in [4.78, 5) is 0. The number of halogens is 4. The van der Waals surface area contributed by atoms with Gasteiger partial charge in [-0.05, 0) is 24.3 Å². The highest BCUT2D eigenvalue weighted by atomic mass is 127. The van der Waals surface area contributed by atoms with Gasteiger partial charge in [0, 0.05) is 0 Å². The van der Waals surface area contributed by atoms with E-state index in [1.165, 1.54) is 31.4 Å². The molecule has 4 nitrogen and oxygen atoms in total. The SMILES string of the molecule is COc1ccc([I+][N-]S(=O)(=O)C(F)(F)F)cc1. The maximum atomic E-state index is 12.0. The molecule has 17 heavy (non-hydrogen) atoms. The Balaban J connectivity index is 2.68. The van der Waals surface area contributed by atoms with Crippen molar-refractivity contribution in [2.75, 3.05) is 7.11 Å². The molecule has 0 saturated heterocycles. The minimum absolute atomic E-state index is 0.456. The standard InChI is InChI=1S/C8H7F3INO3S/c1-16-7-4-2-6(3-5-7)12-13-17(14,15)8(9,10)11/h2-5H,1H3. The molecule has 1 aromatic carbocycles. The molecule has 0 heterocycles. The van der Waals surface area contributed by atoms with E-state index in [2.05, 4.69) is 2.94 Å². The van der Waals surface area contributed by atoms with Gasteiger partial charge in [0.2, 0.25) is 31.5 Å². The molecule has 0 N–H and O–H groups in total.